The molecule has 0 aromatic heterocycles. The summed E-state index contributed by atoms with van der Waals surface area (Å²) < 4.78 is 23.7. The topological polar surface area (TPSA) is 86.8 Å². The highest BCUT2D eigenvalue weighted by atomic mass is 32.2. The molecule has 142 valence electrons. The fraction of sp³-hybridized carbons (Fsp3) is 0.556. The van der Waals surface area contributed by atoms with Gasteiger partial charge in [0.1, 0.15) is 0 Å². The van der Waals surface area contributed by atoms with E-state index in [1.807, 2.05) is 30.3 Å². The van der Waals surface area contributed by atoms with Gasteiger partial charge >= 0.3 is 6.03 Å². The third-order valence-electron chi connectivity index (χ3n) is 4.96. The van der Waals surface area contributed by atoms with Crippen LogP contribution in [0.1, 0.15) is 24.8 Å². The maximum Gasteiger partial charge on any atom is 0.318 e. The van der Waals surface area contributed by atoms with Crippen molar-refractivity contribution in [3.05, 3.63) is 35.9 Å². The first kappa shape index (κ1) is 18.7. The number of sulfone groups is 1. The van der Waals surface area contributed by atoms with Crippen molar-refractivity contribution in [3.8, 4) is 0 Å². The van der Waals surface area contributed by atoms with Gasteiger partial charge in [-0.2, -0.15) is 0 Å². The van der Waals surface area contributed by atoms with E-state index in [0.717, 1.165) is 31.5 Å². The number of carbonyl (C=O) groups is 2. The molecule has 3 amide bonds. The van der Waals surface area contributed by atoms with Gasteiger partial charge in [0.05, 0.1) is 18.1 Å². The summed E-state index contributed by atoms with van der Waals surface area (Å²) in [6, 6.07) is 8.72. The number of carbonyl (C=O) groups excluding carboxylic acids is 2. The van der Waals surface area contributed by atoms with Gasteiger partial charge in [0.25, 0.3) is 0 Å². The van der Waals surface area contributed by atoms with Gasteiger partial charge in [-0.1, -0.05) is 30.3 Å². The molecule has 1 unspecified atom stereocenters. The molecule has 0 saturated carbocycles. The SMILES string of the molecule is O=C(CNC(=O)N(Cc1ccccc1)C1CCS(=O)(=O)C1)N1CCCC1. The number of likely N-dealkylation sites (tertiary alicyclic amines) is 1. The smallest absolute Gasteiger partial charge is 0.318 e. The zero-order chi connectivity index (χ0) is 18.6. The van der Waals surface area contributed by atoms with Crippen LogP contribution < -0.4 is 5.32 Å². The van der Waals surface area contributed by atoms with Crippen LogP contribution in [0.2, 0.25) is 0 Å². The minimum Gasteiger partial charge on any atom is -0.341 e. The Kier molecular flexibility index (Phi) is 5.80. The standard InChI is InChI=1S/C18H25N3O4S/c22-17(20-9-4-5-10-20)12-19-18(23)21(13-15-6-2-1-3-7-15)16-8-11-26(24,25)14-16/h1-3,6-7,16H,4-5,8-14H2,(H,19,23). The predicted octanol–water partition coefficient (Wildman–Crippen LogP) is 1.01. The van der Waals surface area contributed by atoms with Gasteiger partial charge in [-0.3, -0.25) is 4.79 Å². The first-order chi connectivity index (χ1) is 12.4. The maximum atomic E-state index is 12.7. The largest absolute Gasteiger partial charge is 0.341 e. The third-order valence-corrected chi connectivity index (χ3v) is 6.71. The van der Waals surface area contributed by atoms with Crippen molar-refractivity contribution < 1.29 is 18.0 Å². The molecule has 1 aromatic carbocycles. The van der Waals surface area contributed by atoms with Crippen LogP contribution in [0.25, 0.3) is 0 Å². The summed E-state index contributed by atoms with van der Waals surface area (Å²) in [6.45, 7) is 1.75. The third kappa shape index (κ3) is 4.75. The molecule has 0 radical (unpaired) electrons. The second-order valence-electron chi connectivity index (χ2n) is 6.92. The molecule has 1 aromatic rings. The molecule has 7 nitrogen and oxygen atoms in total. The van der Waals surface area contributed by atoms with Crippen molar-refractivity contribution in [2.45, 2.75) is 31.8 Å². The van der Waals surface area contributed by atoms with Gasteiger partial charge in [0.2, 0.25) is 5.91 Å². The van der Waals surface area contributed by atoms with Gasteiger partial charge in [-0.25, -0.2) is 13.2 Å². The molecule has 2 aliphatic rings. The highest BCUT2D eigenvalue weighted by Crippen LogP contribution is 2.20. The Hall–Kier alpha value is -2.09. The van der Waals surface area contributed by atoms with Gasteiger partial charge in [-0.05, 0) is 24.8 Å². The van der Waals surface area contributed by atoms with Crippen LogP contribution >= 0.6 is 0 Å². The van der Waals surface area contributed by atoms with Crippen LogP contribution in [0, 0.1) is 0 Å². The van der Waals surface area contributed by atoms with Crippen molar-refractivity contribution in [3.63, 3.8) is 0 Å². The van der Waals surface area contributed by atoms with E-state index in [9.17, 15) is 18.0 Å². The average molecular weight is 379 g/mol. The van der Waals surface area contributed by atoms with Crippen molar-refractivity contribution >= 4 is 21.8 Å². The molecule has 2 aliphatic heterocycles. The van der Waals surface area contributed by atoms with Gasteiger partial charge in [0, 0.05) is 25.7 Å². The quantitative estimate of drug-likeness (QED) is 0.827. The molecule has 26 heavy (non-hydrogen) atoms. The summed E-state index contributed by atoms with van der Waals surface area (Å²) in [4.78, 5) is 28.2. The Balaban J connectivity index is 1.65. The number of urea groups is 1. The highest BCUT2D eigenvalue weighted by molar-refractivity contribution is 7.91. The number of amides is 3. The lowest BCUT2D eigenvalue weighted by Crippen LogP contribution is -2.49. The van der Waals surface area contributed by atoms with Crippen LogP contribution in [0.4, 0.5) is 4.79 Å². The molecule has 1 atom stereocenters. The summed E-state index contributed by atoms with van der Waals surface area (Å²) in [7, 11) is -3.11. The first-order valence-corrected chi connectivity index (χ1v) is 10.8. The second-order valence-corrected chi connectivity index (χ2v) is 9.15. The van der Waals surface area contributed by atoms with E-state index in [0.29, 0.717) is 13.0 Å². The van der Waals surface area contributed by atoms with Crippen molar-refractivity contribution in [1.82, 2.24) is 15.1 Å². The monoisotopic (exact) mass is 379 g/mol. The first-order valence-electron chi connectivity index (χ1n) is 9.01. The summed E-state index contributed by atoms with van der Waals surface area (Å²) in [5.41, 5.74) is 0.929. The van der Waals surface area contributed by atoms with Crippen LogP contribution in [0.3, 0.4) is 0 Å². The molecule has 1 N–H and O–H groups in total. The second kappa shape index (κ2) is 8.07. The molecule has 8 heteroatoms. The van der Waals surface area contributed by atoms with E-state index in [1.165, 1.54) is 0 Å². The molecule has 0 bridgehead atoms. The molecule has 2 saturated heterocycles. The Morgan fingerprint density at radius 3 is 2.46 bits per heavy atom. The minimum atomic E-state index is -3.11. The lowest BCUT2D eigenvalue weighted by Gasteiger charge is -2.29. The summed E-state index contributed by atoms with van der Waals surface area (Å²) in [5, 5.41) is 2.68. The fourth-order valence-corrected chi connectivity index (χ4v) is 5.23. The molecular weight excluding hydrogens is 354 g/mol. The van der Waals surface area contributed by atoms with E-state index in [4.69, 9.17) is 0 Å². The molecular formula is C18H25N3O4S. The summed E-state index contributed by atoms with van der Waals surface area (Å²) >= 11 is 0. The molecule has 0 spiro atoms. The number of nitrogens with one attached hydrogen (secondary N) is 1. The molecule has 2 heterocycles. The van der Waals surface area contributed by atoms with Crippen molar-refractivity contribution in [1.29, 1.82) is 0 Å². The van der Waals surface area contributed by atoms with Crippen molar-refractivity contribution in [2.24, 2.45) is 0 Å². The Bertz CT molecular complexity index is 745. The van der Waals surface area contributed by atoms with Gasteiger partial charge < -0.3 is 15.1 Å². The Labute approximate surface area is 154 Å². The van der Waals surface area contributed by atoms with Crippen LogP contribution in [-0.4, -0.2) is 67.3 Å². The minimum absolute atomic E-state index is 0.0205. The molecule has 3 rings (SSSR count). The van der Waals surface area contributed by atoms with Crippen molar-refractivity contribution in [2.75, 3.05) is 31.1 Å². The van der Waals surface area contributed by atoms with E-state index < -0.39 is 9.84 Å². The van der Waals surface area contributed by atoms with Crippen LogP contribution in [-0.2, 0) is 21.2 Å². The predicted molar refractivity (Wildman–Crippen MR) is 98.3 cm³/mol. The number of benzene rings is 1. The van der Waals surface area contributed by atoms with Gasteiger partial charge in [-0.15, -0.1) is 0 Å². The molecule has 0 aliphatic carbocycles. The number of nitrogens with zero attached hydrogens (tertiary/aromatic N) is 2. The van der Waals surface area contributed by atoms with E-state index >= 15 is 0 Å². The van der Waals surface area contributed by atoms with E-state index in [1.54, 1.807) is 9.80 Å². The lowest BCUT2D eigenvalue weighted by molar-refractivity contribution is -0.129. The summed E-state index contributed by atoms with van der Waals surface area (Å²) in [6.07, 6.45) is 2.43. The van der Waals surface area contributed by atoms with Crippen LogP contribution in [0.5, 0.6) is 0 Å². The number of rotatable bonds is 5. The zero-order valence-electron chi connectivity index (χ0n) is 14.8. The Morgan fingerprint density at radius 1 is 1.15 bits per heavy atom. The number of hydrogen-bond acceptors (Lipinski definition) is 4. The maximum absolute atomic E-state index is 12.7. The van der Waals surface area contributed by atoms with E-state index in [2.05, 4.69) is 5.32 Å². The summed E-state index contributed by atoms with van der Waals surface area (Å²) in [5.74, 6) is -0.00874. The average Bonchev–Trinajstić information content (AvgIpc) is 3.28. The van der Waals surface area contributed by atoms with Gasteiger partial charge in [0.15, 0.2) is 9.84 Å². The fourth-order valence-electron chi connectivity index (χ4n) is 3.50. The number of hydrogen-bond donors (Lipinski definition) is 1. The lowest BCUT2D eigenvalue weighted by atomic mass is 10.1. The van der Waals surface area contributed by atoms with Crippen LogP contribution in [0.15, 0.2) is 30.3 Å². The highest BCUT2D eigenvalue weighted by Gasteiger charge is 2.35. The molecule has 2 fully saturated rings. The van der Waals surface area contributed by atoms with E-state index in [-0.39, 0.29) is 36.0 Å². The normalized spacial score (nSPS) is 21.5. The zero-order valence-corrected chi connectivity index (χ0v) is 15.6. The Morgan fingerprint density at radius 2 is 1.85 bits per heavy atom.